The van der Waals surface area contributed by atoms with Crippen molar-refractivity contribution in [1.82, 2.24) is 19.9 Å². The highest BCUT2D eigenvalue weighted by molar-refractivity contribution is 9.13. The summed E-state index contributed by atoms with van der Waals surface area (Å²) in [5.74, 6) is 1.09. The Morgan fingerprint density at radius 3 is 2.71 bits per heavy atom. The summed E-state index contributed by atoms with van der Waals surface area (Å²) >= 11 is 7.05. The molecule has 1 aromatic carbocycles. The Morgan fingerprint density at radius 2 is 2.07 bits per heavy atom. The van der Waals surface area contributed by atoms with Crippen LogP contribution in [0.5, 0.6) is 5.75 Å². The molecule has 0 aliphatic rings. The number of hydrogen-bond acceptors (Lipinski definition) is 4. The van der Waals surface area contributed by atoms with Crippen LogP contribution in [0.3, 0.4) is 0 Å². The molecule has 9 heteroatoms. The van der Waals surface area contributed by atoms with E-state index < -0.39 is 0 Å². The highest BCUT2D eigenvalue weighted by atomic mass is 79.9. The van der Waals surface area contributed by atoms with Crippen LogP contribution in [0.1, 0.15) is 28.2 Å². The van der Waals surface area contributed by atoms with Gasteiger partial charge in [-0.2, -0.15) is 0 Å². The van der Waals surface area contributed by atoms with Gasteiger partial charge < -0.3 is 25.3 Å². The minimum Gasteiger partial charge on any atom is -0.497 e. The molecule has 7 nitrogen and oxygen atoms in total. The topological polar surface area (TPSA) is 98.0 Å². The molecule has 28 heavy (non-hydrogen) atoms. The number of carbonyl (C=O) groups excluding carboxylic acids is 1. The Labute approximate surface area is 179 Å². The molecule has 0 atom stereocenters. The van der Waals surface area contributed by atoms with Crippen molar-refractivity contribution in [2.45, 2.75) is 19.4 Å². The van der Waals surface area contributed by atoms with E-state index in [1.54, 1.807) is 13.3 Å². The van der Waals surface area contributed by atoms with Crippen LogP contribution in [0.15, 0.2) is 45.6 Å². The molecule has 2 heterocycles. The first-order chi connectivity index (χ1) is 13.5. The summed E-state index contributed by atoms with van der Waals surface area (Å²) in [6.07, 6.45) is 3.27. The highest BCUT2D eigenvalue weighted by Crippen LogP contribution is 2.28. The van der Waals surface area contributed by atoms with E-state index in [1.165, 1.54) is 0 Å². The second-order valence-corrected chi connectivity index (χ2v) is 7.86. The van der Waals surface area contributed by atoms with Gasteiger partial charge in [-0.15, -0.1) is 0 Å². The van der Waals surface area contributed by atoms with Gasteiger partial charge in [0.25, 0.3) is 5.91 Å². The maximum absolute atomic E-state index is 12.7. The molecule has 0 radical (unpaired) electrons. The van der Waals surface area contributed by atoms with Gasteiger partial charge >= 0.3 is 0 Å². The van der Waals surface area contributed by atoms with E-state index in [4.69, 9.17) is 10.5 Å². The standard InChI is InChI=1S/C19H21Br2N5O2/c1-28-14-6-4-12(5-7-14)11-26-16(9-15(20)17(26)21)18(27)23-8-2-3-13-10-24-19(22)25-13/h4-7,9-10H,2-3,8,11H2,1H3,(H,23,27)(H3,22,24,25). The van der Waals surface area contributed by atoms with E-state index in [1.807, 2.05) is 34.9 Å². The molecule has 0 saturated carbocycles. The maximum atomic E-state index is 12.7. The van der Waals surface area contributed by atoms with Crippen LogP contribution in [-0.2, 0) is 13.0 Å². The quantitative estimate of drug-likeness (QED) is 0.402. The number of methoxy groups -OCH3 is 1. The summed E-state index contributed by atoms with van der Waals surface area (Å²) in [6.45, 7) is 1.12. The fraction of sp³-hybridized carbons (Fsp3) is 0.263. The lowest BCUT2D eigenvalue weighted by Crippen LogP contribution is -2.27. The molecule has 0 spiro atoms. The molecule has 2 aromatic heterocycles. The highest BCUT2D eigenvalue weighted by Gasteiger charge is 2.17. The monoisotopic (exact) mass is 509 g/mol. The second kappa shape index (κ2) is 9.29. The minimum absolute atomic E-state index is 0.121. The van der Waals surface area contributed by atoms with E-state index >= 15 is 0 Å². The molecule has 148 valence electrons. The zero-order chi connectivity index (χ0) is 20.1. The van der Waals surface area contributed by atoms with E-state index in [0.29, 0.717) is 24.7 Å². The molecule has 0 fully saturated rings. The largest absolute Gasteiger partial charge is 0.497 e. The van der Waals surface area contributed by atoms with Crippen LogP contribution < -0.4 is 15.8 Å². The average molecular weight is 511 g/mol. The number of imidazole rings is 1. The lowest BCUT2D eigenvalue weighted by molar-refractivity contribution is 0.0944. The summed E-state index contributed by atoms with van der Waals surface area (Å²) in [5, 5.41) is 2.97. The van der Waals surface area contributed by atoms with Crippen LogP contribution in [0.4, 0.5) is 5.95 Å². The van der Waals surface area contributed by atoms with Gasteiger partial charge in [0, 0.05) is 18.8 Å². The summed E-state index contributed by atoms with van der Waals surface area (Å²) in [7, 11) is 1.64. The smallest absolute Gasteiger partial charge is 0.267 e. The number of amides is 1. The van der Waals surface area contributed by atoms with Gasteiger partial charge in [0.2, 0.25) is 0 Å². The Bertz CT molecular complexity index is 950. The molecule has 0 bridgehead atoms. The molecule has 3 aromatic rings. The number of nitrogens with one attached hydrogen (secondary N) is 2. The molecular formula is C19H21Br2N5O2. The van der Waals surface area contributed by atoms with Gasteiger partial charge in [0.15, 0.2) is 5.95 Å². The van der Waals surface area contributed by atoms with E-state index in [2.05, 4.69) is 47.1 Å². The van der Waals surface area contributed by atoms with Crippen LogP contribution in [0, 0.1) is 0 Å². The lowest BCUT2D eigenvalue weighted by atomic mass is 10.2. The zero-order valence-corrected chi connectivity index (χ0v) is 18.5. The van der Waals surface area contributed by atoms with Gasteiger partial charge in [-0.25, -0.2) is 4.98 Å². The van der Waals surface area contributed by atoms with Crippen LogP contribution in [0.25, 0.3) is 0 Å². The molecule has 4 N–H and O–H groups in total. The van der Waals surface area contributed by atoms with Crippen LogP contribution in [-0.4, -0.2) is 34.1 Å². The van der Waals surface area contributed by atoms with Crippen molar-refractivity contribution in [1.29, 1.82) is 0 Å². The van der Waals surface area contributed by atoms with E-state index in [9.17, 15) is 4.79 Å². The summed E-state index contributed by atoms with van der Waals surface area (Å²) in [5.41, 5.74) is 8.17. The van der Waals surface area contributed by atoms with E-state index in [0.717, 1.165) is 38.9 Å². The summed E-state index contributed by atoms with van der Waals surface area (Å²) in [6, 6.07) is 9.60. The predicted molar refractivity (Wildman–Crippen MR) is 116 cm³/mol. The Hall–Kier alpha value is -2.26. The fourth-order valence-corrected chi connectivity index (χ4v) is 3.69. The molecule has 0 aliphatic carbocycles. The summed E-state index contributed by atoms with van der Waals surface area (Å²) < 4.78 is 8.78. The Morgan fingerprint density at radius 1 is 1.32 bits per heavy atom. The number of halogens is 2. The zero-order valence-electron chi connectivity index (χ0n) is 15.3. The van der Waals surface area contributed by atoms with Crippen LogP contribution in [0.2, 0.25) is 0 Å². The van der Waals surface area contributed by atoms with Crippen LogP contribution >= 0.6 is 31.9 Å². The van der Waals surface area contributed by atoms with Crippen molar-refractivity contribution >= 4 is 43.7 Å². The average Bonchev–Trinajstić information content (AvgIpc) is 3.23. The third kappa shape index (κ3) is 4.96. The first-order valence-corrected chi connectivity index (χ1v) is 10.3. The van der Waals surface area contributed by atoms with Crippen molar-refractivity contribution in [3.05, 3.63) is 62.6 Å². The Balaban J connectivity index is 1.63. The molecule has 0 aliphatic heterocycles. The molecule has 0 unspecified atom stereocenters. The fourth-order valence-electron chi connectivity index (χ4n) is 2.82. The normalized spacial score (nSPS) is 10.8. The first-order valence-electron chi connectivity index (χ1n) is 8.73. The van der Waals surface area contributed by atoms with Crippen molar-refractivity contribution in [3.8, 4) is 5.75 Å². The third-order valence-corrected chi connectivity index (χ3v) is 6.27. The third-order valence-electron chi connectivity index (χ3n) is 4.28. The van der Waals surface area contributed by atoms with Gasteiger partial charge in [-0.05, 0) is 68.5 Å². The lowest BCUT2D eigenvalue weighted by Gasteiger charge is -2.12. The van der Waals surface area contributed by atoms with E-state index in [-0.39, 0.29) is 5.91 Å². The second-order valence-electron chi connectivity index (χ2n) is 6.26. The maximum Gasteiger partial charge on any atom is 0.267 e. The number of aryl methyl sites for hydroxylation is 1. The SMILES string of the molecule is COc1ccc(Cn2c(C(=O)NCCCc3cnc(N)[nH]3)cc(Br)c2Br)cc1. The number of rotatable bonds is 8. The predicted octanol–water partition coefficient (Wildman–Crippen LogP) is 3.74. The molecular weight excluding hydrogens is 490 g/mol. The van der Waals surface area contributed by atoms with Crippen molar-refractivity contribution in [2.24, 2.45) is 0 Å². The van der Waals surface area contributed by atoms with Crippen molar-refractivity contribution < 1.29 is 9.53 Å². The Kier molecular flexibility index (Phi) is 6.79. The van der Waals surface area contributed by atoms with Gasteiger partial charge in [-0.1, -0.05) is 12.1 Å². The van der Waals surface area contributed by atoms with Gasteiger partial charge in [0.05, 0.1) is 22.4 Å². The molecule has 3 rings (SSSR count). The van der Waals surface area contributed by atoms with Crippen molar-refractivity contribution in [3.63, 3.8) is 0 Å². The number of nitrogen functional groups attached to an aromatic ring is 1. The summed E-state index contributed by atoms with van der Waals surface area (Å²) in [4.78, 5) is 19.6. The number of benzene rings is 1. The number of ether oxygens (including phenoxy) is 1. The molecule has 0 saturated heterocycles. The minimum atomic E-state index is -0.121. The molecule has 1 amide bonds. The number of hydrogen-bond donors (Lipinski definition) is 3. The number of carbonyl (C=O) groups is 1. The number of H-pyrrole nitrogens is 1. The van der Waals surface area contributed by atoms with Gasteiger partial charge in [-0.3, -0.25) is 4.79 Å². The number of nitrogens with zero attached hydrogens (tertiary/aromatic N) is 2. The number of anilines is 1. The number of nitrogens with two attached hydrogens (primary N) is 1. The number of aromatic amines is 1. The van der Waals surface area contributed by atoms with Crippen molar-refractivity contribution in [2.75, 3.05) is 19.4 Å². The number of aromatic nitrogens is 3. The first kappa shape index (κ1) is 20.5. The van der Waals surface area contributed by atoms with Gasteiger partial charge in [0.1, 0.15) is 11.4 Å².